The van der Waals surface area contributed by atoms with Crippen LogP contribution in [0.15, 0.2) is 0 Å². The van der Waals surface area contributed by atoms with Crippen LogP contribution in [0.2, 0.25) is 0 Å². The van der Waals surface area contributed by atoms with Gasteiger partial charge in [-0.25, -0.2) is 0 Å². The van der Waals surface area contributed by atoms with Crippen molar-refractivity contribution in [3.05, 3.63) is 0 Å². The number of hydrogen-bond acceptors (Lipinski definition) is 4. The van der Waals surface area contributed by atoms with E-state index in [4.69, 9.17) is 5.73 Å². The zero-order chi connectivity index (χ0) is 15.3. The fourth-order valence-corrected chi connectivity index (χ4v) is 3.66. The van der Waals surface area contributed by atoms with Crippen molar-refractivity contribution in [2.45, 2.75) is 63.5 Å². The Morgan fingerprint density at radius 2 is 2.14 bits per heavy atom. The maximum absolute atomic E-state index is 12.3. The van der Waals surface area contributed by atoms with Crippen LogP contribution in [-0.2, 0) is 4.79 Å². The third-order valence-corrected chi connectivity index (χ3v) is 5.02. The summed E-state index contributed by atoms with van der Waals surface area (Å²) in [6.45, 7) is 4.14. The molecule has 2 rings (SSSR count). The monoisotopic (exact) mass is 292 g/mol. The molecule has 2 aliphatic rings. The van der Waals surface area contributed by atoms with E-state index < -0.39 is 5.54 Å². The van der Waals surface area contributed by atoms with Crippen molar-refractivity contribution in [2.75, 3.05) is 19.6 Å². The molecule has 0 aromatic carbocycles. The van der Waals surface area contributed by atoms with Gasteiger partial charge in [-0.15, -0.1) is 0 Å². The smallest absolute Gasteiger partial charge is 0.235 e. The molecule has 0 radical (unpaired) electrons. The Morgan fingerprint density at radius 1 is 1.43 bits per heavy atom. The van der Waals surface area contributed by atoms with Crippen LogP contribution in [0.4, 0.5) is 0 Å². The minimum atomic E-state index is -0.628. The van der Waals surface area contributed by atoms with E-state index >= 15 is 0 Å². The van der Waals surface area contributed by atoms with Crippen LogP contribution in [0.3, 0.4) is 0 Å². The SMILES string of the molecule is CC1CCN(CC(=O)NC2(C#N)CCCCC2)C(CN)C1. The fourth-order valence-electron chi connectivity index (χ4n) is 3.66. The predicted octanol–water partition coefficient (Wildman–Crippen LogP) is 1.39. The Bertz CT molecular complexity index is 398. The van der Waals surface area contributed by atoms with Crippen LogP contribution in [0.5, 0.6) is 0 Å². The number of carbonyl (C=O) groups excluding carboxylic acids is 1. The number of nitrogens with two attached hydrogens (primary N) is 1. The van der Waals surface area contributed by atoms with Crippen LogP contribution in [0.25, 0.3) is 0 Å². The van der Waals surface area contributed by atoms with Gasteiger partial charge in [-0.2, -0.15) is 5.26 Å². The van der Waals surface area contributed by atoms with Gasteiger partial charge in [0.1, 0.15) is 5.54 Å². The molecule has 0 aromatic heterocycles. The Kier molecular flexibility index (Phi) is 5.60. The number of amides is 1. The topological polar surface area (TPSA) is 82.2 Å². The molecular formula is C16H28N4O. The summed E-state index contributed by atoms with van der Waals surface area (Å²) in [5.74, 6) is 0.660. The highest BCUT2D eigenvalue weighted by molar-refractivity contribution is 5.79. The minimum absolute atomic E-state index is 0.0218. The minimum Gasteiger partial charge on any atom is -0.337 e. The van der Waals surface area contributed by atoms with E-state index in [0.717, 1.165) is 45.1 Å². The van der Waals surface area contributed by atoms with Gasteiger partial charge in [0.2, 0.25) is 5.91 Å². The summed E-state index contributed by atoms with van der Waals surface area (Å²) in [4.78, 5) is 14.5. The van der Waals surface area contributed by atoms with Crippen molar-refractivity contribution in [3.8, 4) is 6.07 Å². The number of nitrogens with zero attached hydrogens (tertiary/aromatic N) is 2. The molecule has 21 heavy (non-hydrogen) atoms. The molecule has 2 unspecified atom stereocenters. The van der Waals surface area contributed by atoms with E-state index in [1.807, 2.05) is 0 Å². The van der Waals surface area contributed by atoms with Crippen LogP contribution >= 0.6 is 0 Å². The number of carbonyl (C=O) groups is 1. The van der Waals surface area contributed by atoms with E-state index in [1.54, 1.807) is 0 Å². The molecule has 5 heteroatoms. The van der Waals surface area contributed by atoms with Gasteiger partial charge in [-0.1, -0.05) is 26.2 Å². The average molecular weight is 292 g/mol. The van der Waals surface area contributed by atoms with E-state index in [-0.39, 0.29) is 5.91 Å². The number of piperidine rings is 1. The molecule has 1 saturated carbocycles. The molecule has 2 atom stereocenters. The van der Waals surface area contributed by atoms with Crippen LogP contribution < -0.4 is 11.1 Å². The maximum atomic E-state index is 12.3. The lowest BCUT2D eigenvalue weighted by Gasteiger charge is -2.38. The molecule has 1 heterocycles. The van der Waals surface area contributed by atoms with Crippen molar-refractivity contribution in [1.82, 2.24) is 10.2 Å². The first kappa shape index (κ1) is 16.3. The van der Waals surface area contributed by atoms with Crippen molar-refractivity contribution in [2.24, 2.45) is 11.7 Å². The molecular weight excluding hydrogens is 264 g/mol. The van der Waals surface area contributed by atoms with Gasteiger partial charge in [-0.3, -0.25) is 9.69 Å². The van der Waals surface area contributed by atoms with Crippen molar-refractivity contribution in [1.29, 1.82) is 5.26 Å². The molecule has 3 N–H and O–H groups in total. The second kappa shape index (κ2) is 7.24. The second-order valence-electron chi connectivity index (χ2n) is 6.79. The third kappa shape index (κ3) is 4.18. The lowest BCUT2D eigenvalue weighted by molar-refractivity contribution is -0.125. The summed E-state index contributed by atoms with van der Waals surface area (Å²) in [5, 5.41) is 12.4. The average Bonchev–Trinajstić information content (AvgIpc) is 2.50. The Hall–Kier alpha value is -1.12. The van der Waals surface area contributed by atoms with Crippen LogP contribution in [0.1, 0.15) is 51.9 Å². The zero-order valence-electron chi connectivity index (χ0n) is 13.1. The van der Waals surface area contributed by atoms with Gasteiger partial charge >= 0.3 is 0 Å². The molecule has 0 spiro atoms. The Balaban J connectivity index is 1.90. The fraction of sp³-hybridized carbons (Fsp3) is 0.875. The molecule has 2 fully saturated rings. The van der Waals surface area contributed by atoms with Gasteiger partial charge < -0.3 is 11.1 Å². The molecule has 1 aliphatic carbocycles. The van der Waals surface area contributed by atoms with E-state index in [1.165, 1.54) is 6.42 Å². The molecule has 0 bridgehead atoms. The molecule has 1 aliphatic heterocycles. The first-order valence-electron chi connectivity index (χ1n) is 8.25. The largest absolute Gasteiger partial charge is 0.337 e. The standard InChI is InChI=1S/C16H28N4O/c1-13-5-8-20(14(9-13)10-17)11-15(21)19-16(12-18)6-3-2-4-7-16/h13-14H,2-11,17H2,1H3,(H,19,21). The number of nitrogens with one attached hydrogen (secondary N) is 1. The summed E-state index contributed by atoms with van der Waals surface area (Å²) in [5.41, 5.74) is 5.21. The Labute approximate surface area is 127 Å². The summed E-state index contributed by atoms with van der Waals surface area (Å²) < 4.78 is 0. The third-order valence-electron chi connectivity index (χ3n) is 5.02. The van der Waals surface area contributed by atoms with Gasteiger partial charge in [0.25, 0.3) is 0 Å². The first-order chi connectivity index (χ1) is 10.1. The van der Waals surface area contributed by atoms with Gasteiger partial charge in [0.15, 0.2) is 0 Å². The maximum Gasteiger partial charge on any atom is 0.235 e. The number of nitriles is 1. The molecule has 5 nitrogen and oxygen atoms in total. The summed E-state index contributed by atoms with van der Waals surface area (Å²) >= 11 is 0. The number of likely N-dealkylation sites (tertiary alicyclic amines) is 1. The number of rotatable bonds is 4. The normalized spacial score (nSPS) is 29.6. The second-order valence-corrected chi connectivity index (χ2v) is 6.79. The van der Waals surface area contributed by atoms with E-state index in [0.29, 0.717) is 25.0 Å². The molecule has 0 aromatic rings. The Morgan fingerprint density at radius 3 is 2.76 bits per heavy atom. The molecule has 1 saturated heterocycles. The summed E-state index contributed by atoms with van der Waals surface area (Å²) in [6, 6.07) is 2.64. The summed E-state index contributed by atoms with van der Waals surface area (Å²) in [6.07, 6.45) is 6.97. The lowest BCUT2D eigenvalue weighted by atomic mass is 9.83. The van der Waals surface area contributed by atoms with Crippen molar-refractivity contribution < 1.29 is 4.79 Å². The highest BCUT2D eigenvalue weighted by Gasteiger charge is 2.35. The van der Waals surface area contributed by atoms with E-state index in [2.05, 4.69) is 23.2 Å². The predicted molar refractivity (Wildman–Crippen MR) is 82.4 cm³/mol. The molecule has 118 valence electrons. The van der Waals surface area contributed by atoms with Crippen molar-refractivity contribution in [3.63, 3.8) is 0 Å². The highest BCUT2D eigenvalue weighted by atomic mass is 16.2. The molecule has 1 amide bonds. The van der Waals surface area contributed by atoms with E-state index in [9.17, 15) is 10.1 Å². The van der Waals surface area contributed by atoms with Crippen molar-refractivity contribution >= 4 is 5.91 Å². The lowest BCUT2D eigenvalue weighted by Crippen LogP contribution is -2.55. The van der Waals surface area contributed by atoms with Gasteiger partial charge in [0, 0.05) is 12.6 Å². The van der Waals surface area contributed by atoms with Gasteiger partial charge in [-0.05, 0) is 38.1 Å². The van der Waals surface area contributed by atoms with Gasteiger partial charge in [0.05, 0.1) is 12.6 Å². The quantitative estimate of drug-likeness (QED) is 0.820. The first-order valence-corrected chi connectivity index (χ1v) is 8.25. The number of hydrogen-bond donors (Lipinski definition) is 2. The zero-order valence-corrected chi connectivity index (χ0v) is 13.1. The van der Waals surface area contributed by atoms with Crippen LogP contribution in [0, 0.1) is 17.2 Å². The highest BCUT2D eigenvalue weighted by Crippen LogP contribution is 2.27. The van der Waals surface area contributed by atoms with Crippen LogP contribution in [-0.4, -0.2) is 42.0 Å². The summed E-state index contributed by atoms with van der Waals surface area (Å²) in [7, 11) is 0.